The molecule has 0 spiro atoms. The van der Waals surface area contributed by atoms with Crippen LogP contribution in [0, 0.1) is 25.2 Å². The van der Waals surface area contributed by atoms with E-state index in [1.807, 2.05) is 44.0 Å². The molecule has 0 fully saturated rings. The monoisotopic (exact) mass is 216 g/mol. The molecule has 0 aliphatic heterocycles. The van der Waals surface area contributed by atoms with Crippen LogP contribution in [-0.4, -0.2) is 19.4 Å². The van der Waals surface area contributed by atoms with Gasteiger partial charge in [-0.15, -0.1) is 0 Å². The largest absolute Gasteiger partial charge is 0.367 e. The summed E-state index contributed by atoms with van der Waals surface area (Å²) in [6.45, 7) is 4.33. The van der Waals surface area contributed by atoms with Crippen LogP contribution in [0.1, 0.15) is 17.5 Å². The first-order chi connectivity index (χ1) is 7.54. The van der Waals surface area contributed by atoms with Gasteiger partial charge in [0.2, 0.25) is 0 Å². The van der Waals surface area contributed by atoms with Gasteiger partial charge in [0.15, 0.2) is 5.78 Å². The minimum Gasteiger partial charge on any atom is -0.367 e. The fourth-order valence-electron chi connectivity index (χ4n) is 1.62. The number of rotatable bonds is 4. The van der Waals surface area contributed by atoms with E-state index in [9.17, 15) is 4.79 Å². The lowest BCUT2D eigenvalue weighted by Gasteiger charge is -2.20. The molecule has 0 saturated heterocycles. The van der Waals surface area contributed by atoms with Crippen molar-refractivity contribution in [1.29, 1.82) is 5.26 Å². The number of anilines is 1. The molecule has 3 nitrogen and oxygen atoms in total. The first-order valence-corrected chi connectivity index (χ1v) is 5.21. The topological polar surface area (TPSA) is 44.1 Å². The van der Waals surface area contributed by atoms with Gasteiger partial charge in [-0.05, 0) is 31.0 Å². The summed E-state index contributed by atoms with van der Waals surface area (Å²) in [4.78, 5) is 13.2. The molecule has 0 saturated carbocycles. The Balaban J connectivity index is 2.80. The van der Waals surface area contributed by atoms with Crippen LogP contribution in [0.15, 0.2) is 18.2 Å². The highest BCUT2D eigenvalue weighted by atomic mass is 16.1. The van der Waals surface area contributed by atoms with Crippen molar-refractivity contribution < 1.29 is 4.79 Å². The van der Waals surface area contributed by atoms with Crippen LogP contribution in [0.4, 0.5) is 5.69 Å². The predicted molar refractivity (Wildman–Crippen MR) is 64.4 cm³/mol. The highest BCUT2D eigenvalue weighted by molar-refractivity contribution is 5.85. The van der Waals surface area contributed by atoms with E-state index in [0.29, 0.717) is 0 Å². The molecule has 0 atom stereocenters. The van der Waals surface area contributed by atoms with Crippen molar-refractivity contribution in [3.05, 3.63) is 29.3 Å². The second-order valence-corrected chi connectivity index (χ2v) is 4.02. The van der Waals surface area contributed by atoms with Gasteiger partial charge in [-0.3, -0.25) is 4.79 Å². The second-order valence-electron chi connectivity index (χ2n) is 4.02. The zero-order valence-electron chi connectivity index (χ0n) is 9.95. The average Bonchev–Trinajstić information content (AvgIpc) is 2.21. The summed E-state index contributed by atoms with van der Waals surface area (Å²) >= 11 is 0. The molecular formula is C13H16N2O. The third-order valence-corrected chi connectivity index (χ3v) is 2.47. The number of carbonyl (C=O) groups is 1. The van der Waals surface area contributed by atoms with Gasteiger partial charge in [-0.1, -0.05) is 12.1 Å². The van der Waals surface area contributed by atoms with Crippen LogP contribution in [0.3, 0.4) is 0 Å². The SMILES string of the molecule is Cc1ccc(C)c(N(C)CC(=O)CC#N)c1. The Labute approximate surface area is 96.3 Å². The van der Waals surface area contributed by atoms with Gasteiger partial charge in [-0.2, -0.15) is 5.26 Å². The van der Waals surface area contributed by atoms with Crippen molar-refractivity contribution in [3.63, 3.8) is 0 Å². The number of aryl methyl sites for hydroxylation is 2. The number of Topliss-reactive ketones (excluding diaryl/α,β-unsaturated/α-hetero) is 1. The highest BCUT2D eigenvalue weighted by Gasteiger charge is 2.09. The third-order valence-electron chi connectivity index (χ3n) is 2.47. The zero-order valence-corrected chi connectivity index (χ0v) is 9.95. The van der Waals surface area contributed by atoms with Crippen molar-refractivity contribution in [2.75, 3.05) is 18.5 Å². The van der Waals surface area contributed by atoms with Crippen molar-refractivity contribution in [2.24, 2.45) is 0 Å². The smallest absolute Gasteiger partial charge is 0.166 e. The maximum absolute atomic E-state index is 11.4. The number of ketones is 1. The van der Waals surface area contributed by atoms with Crippen LogP contribution in [0.25, 0.3) is 0 Å². The minimum absolute atomic E-state index is 0.0186. The number of likely N-dealkylation sites (N-methyl/N-ethyl adjacent to an activating group) is 1. The quantitative estimate of drug-likeness (QED) is 0.775. The van der Waals surface area contributed by atoms with E-state index in [4.69, 9.17) is 5.26 Å². The van der Waals surface area contributed by atoms with Crippen LogP contribution in [0.5, 0.6) is 0 Å². The summed E-state index contributed by atoms with van der Waals surface area (Å²) in [5, 5.41) is 8.43. The number of hydrogen-bond donors (Lipinski definition) is 0. The van der Waals surface area contributed by atoms with Crippen LogP contribution < -0.4 is 4.90 Å². The number of nitrogens with zero attached hydrogens (tertiary/aromatic N) is 2. The van der Waals surface area contributed by atoms with E-state index >= 15 is 0 Å². The van der Waals surface area contributed by atoms with Crippen LogP contribution in [0.2, 0.25) is 0 Å². The Morgan fingerprint density at radius 2 is 2.12 bits per heavy atom. The fraction of sp³-hybridized carbons (Fsp3) is 0.385. The van der Waals surface area contributed by atoms with Crippen molar-refractivity contribution in [1.82, 2.24) is 0 Å². The molecule has 0 heterocycles. The summed E-state index contributed by atoms with van der Waals surface area (Å²) < 4.78 is 0. The van der Waals surface area contributed by atoms with E-state index in [-0.39, 0.29) is 18.7 Å². The molecule has 84 valence electrons. The minimum atomic E-state index is -0.0501. The van der Waals surface area contributed by atoms with E-state index < -0.39 is 0 Å². The van der Waals surface area contributed by atoms with E-state index in [1.54, 1.807) is 0 Å². The molecule has 0 aromatic heterocycles. The molecule has 3 heteroatoms. The standard InChI is InChI=1S/C13H16N2O/c1-10-4-5-11(2)13(8-10)15(3)9-12(16)6-7-14/h4-5,8H,6,9H2,1-3H3. The highest BCUT2D eigenvalue weighted by Crippen LogP contribution is 2.20. The molecule has 0 unspecified atom stereocenters. The molecule has 0 radical (unpaired) electrons. The van der Waals surface area contributed by atoms with Gasteiger partial charge < -0.3 is 4.90 Å². The number of nitriles is 1. The van der Waals surface area contributed by atoms with E-state index in [1.165, 1.54) is 5.56 Å². The Morgan fingerprint density at radius 3 is 2.75 bits per heavy atom. The van der Waals surface area contributed by atoms with Crippen LogP contribution in [-0.2, 0) is 4.79 Å². The van der Waals surface area contributed by atoms with Gasteiger partial charge in [0.05, 0.1) is 19.0 Å². The normalized spacial score (nSPS) is 9.62. The van der Waals surface area contributed by atoms with Gasteiger partial charge in [-0.25, -0.2) is 0 Å². The molecule has 16 heavy (non-hydrogen) atoms. The summed E-state index contributed by atoms with van der Waals surface area (Å²) in [6.07, 6.45) is -0.0186. The van der Waals surface area contributed by atoms with Gasteiger partial charge in [0, 0.05) is 12.7 Å². The first kappa shape index (κ1) is 12.3. The average molecular weight is 216 g/mol. The Kier molecular flexibility index (Phi) is 4.07. The molecule has 1 aromatic carbocycles. The van der Waals surface area contributed by atoms with Crippen molar-refractivity contribution in [3.8, 4) is 6.07 Å². The third kappa shape index (κ3) is 3.09. The molecule has 1 aromatic rings. The Bertz CT molecular complexity index is 432. The zero-order chi connectivity index (χ0) is 12.1. The van der Waals surface area contributed by atoms with Gasteiger partial charge in [0.25, 0.3) is 0 Å². The maximum Gasteiger partial charge on any atom is 0.166 e. The van der Waals surface area contributed by atoms with Gasteiger partial charge in [0.1, 0.15) is 0 Å². The predicted octanol–water partition coefficient (Wildman–Crippen LogP) is 2.22. The van der Waals surface area contributed by atoms with Crippen molar-refractivity contribution in [2.45, 2.75) is 20.3 Å². The number of hydrogen-bond acceptors (Lipinski definition) is 3. The summed E-state index contributed by atoms with van der Waals surface area (Å²) in [6, 6.07) is 8.01. The summed E-state index contributed by atoms with van der Waals surface area (Å²) in [5.74, 6) is -0.0501. The lowest BCUT2D eigenvalue weighted by molar-refractivity contribution is -0.116. The van der Waals surface area contributed by atoms with E-state index in [2.05, 4.69) is 6.07 Å². The molecule has 0 aliphatic rings. The Hall–Kier alpha value is -1.82. The van der Waals surface area contributed by atoms with Crippen LogP contribution >= 0.6 is 0 Å². The van der Waals surface area contributed by atoms with Crippen molar-refractivity contribution >= 4 is 11.5 Å². The molecule has 1 rings (SSSR count). The first-order valence-electron chi connectivity index (χ1n) is 5.21. The maximum atomic E-state index is 11.4. The summed E-state index contributed by atoms with van der Waals surface area (Å²) in [7, 11) is 1.87. The lowest BCUT2D eigenvalue weighted by atomic mass is 10.1. The number of benzene rings is 1. The molecule has 0 aliphatic carbocycles. The molecular weight excluding hydrogens is 200 g/mol. The van der Waals surface area contributed by atoms with Gasteiger partial charge >= 0.3 is 0 Å². The molecule has 0 N–H and O–H groups in total. The molecule has 0 amide bonds. The van der Waals surface area contributed by atoms with E-state index in [0.717, 1.165) is 11.3 Å². The lowest BCUT2D eigenvalue weighted by Crippen LogP contribution is -2.25. The number of carbonyl (C=O) groups excluding carboxylic acids is 1. The fourth-order valence-corrected chi connectivity index (χ4v) is 1.62. The second kappa shape index (κ2) is 5.32. The Morgan fingerprint density at radius 1 is 1.44 bits per heavy atom. The molecule has 0 bridgehead atoms. The summed E-state index contributed by atoms with van der Waals surface area (Å²) in [5.41, 5.74) is 3.35.